The summed E-state index contributed by atoms with van der Waals surface area (Å²) in [5, 5.41) is 3.08. The topological polar surface area (TPSA) is 37.8 Å². The molecule has 0 aliphatic carbocycles. The molecule has 0 fully saturated rings. The quantitative estimate of drug-likeness (QED) is 0.903. The summed E-state index contributed by atoms with van der Waals surface area (Å²) in [7, 11) is 0. The van der Waals surface area contributed by atoms with E-state index in [1.807, 2.05) is 13.8 Å². The molecule has 1 aromatic heterocycles. The van der Waals surface area contributed by atoms with Gasteiger partial charge in [0.2, 0.25) is 0 Å². The molecule has 1 heterocycles. The molecule has 0 bridgehead atoms. The summed E-state index contributed by atoms with van der Waals surface area (Å²) in [5.41, 5.74) is 0.556. The lowest BCUT2D eigenvalue weighted by Gasteiger charge is -2.09. The zero-order valence-corrected chi connectivity index (χ0v) is 11.6. The van der Waals surface area contributed by atoms with E-state index in [1.165, 1.54) is 0 Å². The molecule has 1 N–H and O–H groups in total. The van der Waals surface area contributed by atoms with E-state index in [0.717, 1.165) is 24.6 Å². The number of hydrogen-bond donors (Lipinski definition) is 1. The van der Waals surface area contributed by atoms with Crippen LogP contribution in [-0.4, -0.2) is 16.5 Å². The molecule has 0 aliphatic rings. The summed E-state index contributed by atoms with van der Waals surface area (Å²) in [5.74, 6) is 0.284. The summed E-state index contributed by atoms with van der Waals surface area (Å²) < 4.78 is 27.1. The molecule has 5 heteroatoms. The zero-order valence-electron chi connectivity index (χ0n) is 11.6. The first-order valence-electron chi connectivity index (χ1n) is 6.71. The van der Waals surface area contributed by atoms with E-state index in [0.29, 0.717) is 30.3 Å². The van der Waals surface area contributed by atoms with Crippen molar-refractivity contribution in [2.45, 2.75) is 26.7 Å². The average Bonchev–Trinajstić information content (AvgIpc) is 2.42. The third kappa shape index (κ3) is 3.29. The fraction of sp³-hybridized carbons (Fsp3) is 0.333. The van der Waals surface area contributed by atoms with Crippen LogP contribution >= 0.6 is 0 Å². The van der Waals surface area contributed by atoms with Crippen molar-refractivity contribution in [1.82, 2.24) is 9.97 Å². The molecule has 0 aliphatic heterocycles. The van der Waals surface area contributed by atoms with Gasteiger partial charge in [0.15, 0.2) is 0 Å². The summed E-state index contributed by atoms with van der Waals surface area (Å²) in [6.07, 6.45) is 1.59. The minimum Gasteiger partial charge on any atom is -0.370 e. The van der Waals surface area contributed by atoms with E-state index in [1.54, 1.807) is 6.07 Å². The Bertz CT molecular complexity index is 575. The number of benzene rings is 1. The molecule has 0 saturated heterocycles. The Morgan fingerprint density at radius 1 is 1.10 bits per heavy atom. The highest BCUT2D eigenvalue weighted by Gasteiger charge is 2.11. The van der Waals surface area contributed by atoms with Gasteiger partial charge in [0.05, 0.1) is 5.69 Å². The Balaban J connectivity index is 2.51. The van der Waals surface area contributed by atoms with Crippen molar-refractivity contribution >= 4 is 5.82 Å². The highest BCUT2D eigenvalue weighted by molar-refractivity contribution is 5.63. The molecule has 2 aromatic rings. The second kappa shape index (κ2) is 6.41. The lowest BCUT2D eigenvalue weighted by molar-refractivity contribution is 0.602. The van der Waals surface area contributed by atoms with Gasteiger partial charge in [-0.15, -0.1) is 0 Å². The van der Waals surface area contributed by atoms with Crippen molar-refractivity contribution in [1.29, 1.82) is 0 Å². The van der Waals surface area contributed by atoms with Crippen LogP contribution < -0.4 is 5.32 Å². The summed E-state index contributed by atoms with van der Waals surface area (Å²) >= 11 is 0. The number of aromatic nitrogens is 2. The number of nitrogens with one attached hydrogen (secondary N) is 1. The number of rotatable bonds is 5. The fourth-order valence-corrected chi connectivity index (χ4v) is 1.94. The van der Waals surface area contributed by atoms with Crippen molar-refractivity contribution in [3.63, 3.8) is 0 Å². The lowest BCUT2D eigenvalue weighted by Crippen LogP contribution is -2.05. The third-order valence-corrected chi connectivity index (χ3v) is 2.81. The summed E-state index contributed by atoms with van der Waals surface area (Å²) in [6, 6.07) is 5.00. The maximum atomic E-state index is 13.8. The van der Waals surface area contributed by atoms with E-state index >= 15 is 0 Å². The molecular formula is C15H17F2N3. The van der Waals surface area contributed by atoms with E-state index in [2.05, 4.69) is 15.3 Å². The Kier molecular flexibility index (Phi) is 4.61. The van der Waals surface area contributed by atoms with Crippen molar-refractivity contribution in [3.05, 3.63) is 41.7 Å². The number of hydrogen-bond acceptors (Lipinski definition) is 3. The monoisotopic (exact) mass is 277 g/mol. The fourth-order valence-electron chi connectivity index (χ4n) is 1.94. The van der Waals surface area contributed by atoms with Gasteiger partial charge in [-0.3, -0.25) is 0 Å². The molecule has 0 unspecified atom stereocenters. The molecule has 2 rings (SSSR count). The normalized spacial score (nSPS) is 10.6. The van der Waals surface area contributed by atoms with E-state index < -0.39 is 11.6 Å². The number of nitrogens with zero attached hydrogens (tertiary/aromatic N) is 2. The van der Waals surface area contributed by atoms with Crippen molar-refractivity contribution in [2.75, 3.05) is 11.9 Å². The van der Waals surface area contributed by atoms with Crippen LogP contribution in [0.25, 0.3) is 11.3 Å². The van der Waals surface area contributed by atoms with Crippen LogP contribution in [0.4, 0.5) is 14.6 Å². The number of anilines is 1. The Morgan fingerprint density at radius 3 is 2.60 bits per heavy atom. The molecule has 0 atom stereocenters. The predicted octanol–water partition coefficient (Wildman–Crippen LogP) is 3.81. The Hall–Kier alpha value is -2.04. The number of aryl methyl sites for hydroxylation is 1. The average molecular weight is 277 g/mol. The molecule has 0 radical (unpaired) electrons. The van der Waals surface area contributed by atoms with Crippen molar-refractivity contribution < 1.29 is 8.78 Å². The van der Waals surface area contributed by atoms with Crippen LogP contribution in [0.15, 0.2) is 24.3 Å². The lowest BCUT2D eigenvalue weighted by atomic mass is 10.1. The summed E-state index contributed by atoms with van der Waals surface area (Å²) in [6.45, 7) is 4.67. The predicted molar refractivity (Wildman–Crippen MR) is 75.5 cm³/mol. The molecular weight excluding hydrogens is 260 g/mol. The van der Waals surface area contributed by atoms with Gasteiger partial charge >= 0.3 is 0 Å². The van der Waals surface area contributed by atoms with Gasteiger partial charge in [-0.25, -0.2) is 18.7 Å². The SMILES string of the molecule is CCCc1nc(NCC)cc(-c2cc(F)ccc2F)n1. The first kappa shape index (κ1) is 14.4. The highest BCUT2D eigenvalue weighted by Crippen LogP contribution is 2.24. The maximum absolute atomic E-state index is 13.8. The molecule has 20 heavy (non-hydrogen) atoms. The van der Waals surface area contributed by atoms with Crippen molar-refractivity contribution in [2.24, 2.45) is 0 Å². The van der Waals surface area contributed by atoms with Gasteiger partial charge in [0.25, 0.3) is 0 Å². The number of halogens is 2. The van der Waals surface area contributed by atoms with Gasteiger partial charge < -0.3 is 5.32 Å². The molecule has 3 nitrogen and oxygen atoms in total. The maximum Gasteiger partial charge on any atom is 0.132 e. The largest absolute Gasteiger partial charge is 0.370 e. The molecule has 106 valence electrons. The molecule has 0 spiro atoms. The molecule has 1 aromatic carbocycles. The zero-order chi connectivity index (χ0) is 14.5. The van der Waals surface area contributed by atoms with Gasteiger partial charge in [-0.2, -0.15) is 0 Å². The van der Waals surface area contributed by atoms with Crippen LogP contribution in [0.3, 0.4) is 0 Å². The van der Waals surface area contributed by atoms with Gasteiger partial charge in [-0.1, -0.05) is 6.92 Å². The van der Waals surface area contributed by atoms with E-state index in [-0.39, 0.29) is 5.56 Å². The van der Waals surface area contributed by atoms with Crippen LogP contribution in [0.2, 0.25) is 0 Å². The van der Waals surface area contributed by atoms with Crippen LogP contribution in [0.1, 0.15) is 26.1 Å². The first-order chi connectivity index (χ1) is 9.63. The second-order valence-electron chi connectivity index (χ2n) is 4.46. The minimum atomic E-state index is -0.491. The standard InChI is InChI=1S/C15H17F2N3/c1-3-5-14-19-13(9-15(20-14)18-4-2)11-8-10(16)6-7-12(11)17/h6-9H,3-5H2,1-2H3,(H,18,19,20). The minimum absolute atomic E-state index is 0.156. The van der Waals surface area contributed by atoms with Gasteiger partial charge in [0, 0.05) is 24.6 Å². The summed E-state index contributed by atoms with van der Waals surface area (Å²) in [4.78, 5) is 8.67. The smallest absolute Gasteiger partial charge is 0.132 e. The van der Waals surface area contributed by atoms with Gasteiger partial charge in [-0.05, 0) is 31.5 Å². The third-order valence-electron chi connectivity index (χ3n) is 2.81. The molecule has 0 saturated carbocycles. The molecule has 0 amide bonds. The Labute approximate surface area is 117 Å². The van der Waals surface area contributed by atoms with E-state index in [9.17, 15) is 8.78 Å². The van der Waals surface area contributed by atoms with Crippen molar-refractivity contribution in [3.8, 4) is 11.3 Å². The Morgan fingerprint density at radius 2 is 1.90 bits per heavy atom. The van der Waals surface area contributed by atoms with Crippen LogP contribution in [-0.2, 0) is 6.42 Å². The van der Waals surface area contributed by atoms with Gasteiger partial charge in [0.1, 0.15) is 23.3 Å². The highest BCUT2D eigenvalue weighted by atomic mass is 19.1. The second-order valence-corrected chi connectivity index (χ2v) is 4.46. The first-order valence-corrected chi connectivity index (χ1v) is 6.71. The van der Waals surface area contributed by atoms with Crippen LogP contribution in [0.5, 0.6) is 0 Å². The van der Waals surface area contributed by atoms with Crippen LogP contribution in [0, 0.1) is 11.6 Å². The van der Waals surface area contributed by atoms with E-state index in [4.69, 9.17) is 0 Å².